The number of benzene rings is 7. The van der Waals surface area contributed by atoms with Gasteiger partial charge in [-0.1, -0.05) is 159 Å². The van der Waals surface area contributed by atoms with E-state index in [-0.39, 0.29) is 5.41 Å². The zero-order valence-corrected chi connectivity index (χ0v) is 29.5. The highest BCUT2D eigenvalue weighted by molar-refractivity contribution is 6.04. The van der Waals surface area contributed by atoms with Crippen LogP contribution in [0.25, 0.3) is 89.4 Å². The van der Waals surface area contributed by atoms with E-state index < -0.39 is 0 Å². The Hall–Kier alpha value is -6.78. The molecule has 0 N–H and O–H groups in total. The Kier molecular flexibility index (Phi) is 7.12. The van der Waals surface area contributed by atoms with Gasteiger partial charge in [0.1, 0.15) is 0 Å². The summed E-state index contributed by atoms with van der Waals surface area (Å²) in [5.74, 6) is 1.91. The molecule has 9 aromatic rings. The molecule has 0 saturated carbocycles. The molecule has 0 atom stereocenters. The van der Waals surface area contributed by atoms with Crippen LogP contribution in [0.15, 0.2) is 170 Å². The quantitative estimate of drug-likeness (QED) is 0.182. The third kappa shape index (κ3) is 5.22. The van der Waals surface area contributed by atoms with Crippen LogP contribution in [0.2, 0.25) is 0 Å². The lowest BCUT2D eigenvalue weighted by Gasteiger charge is -2.22. The fourth-order valence-corrected chi connectivity index (χ4v) is 8.01. The minimum Gasteiger partial charge on any atom is -0.248 e. The molecule has 0 saturated heterocycles. The highest BCUT2D eigenvalue weighted by atomic mass is 15.0. The molecule has 2 aromatic heterocycles. The van der Waals surface area contributed by atoms with Gasteiger partial charge in [-0.05, 0) is 68.4 Å². The first-order chi connectivity index (χ1) is 26.0. The fraction of sp³-hybridized carbons (Fsp3) is 0.0612. The molecule has 0 unspecified atom stereocenters. The van der Waals surface area contributed by atoms with Gasteiger partial charge in [0.15, 0.2) is 17.5 Å². The molecule has 1 aliphatic carbocycles. The Morgan fingerprint density at radius 1 is 0.358 bits per heavy atom. The van der Waals surface area contributed by atoms with Gasteiger partial charge >= 0.3 is 0 Å². The number of pyridine rings is 1. The summed E-state index contributed by atoms with van der Waals surface area (Å²) in [6, 6.07) is 59.6. The predicted molar refractivity (Wildman–Crippen MR) is 217 cm³/mol. The average Bonchev–Trinajstić information content (AvgIpc) is 3.45. The van der Waals surface area contributed by atoms with Crippen molar-refractivity contribution in [2.75, 3.05) is 0 Å². The van der Waals surface area contributed by atoms with Crippen molar-refractivity contribution in [1.29, 1.82) is 0 Å². The molecule has 2 heterocycles. The van der Waals surface area contributed by atoms with Gasteiger partial charge in [-0.15, -0.1) is 0 Å². The Morgan fingerprint density at radius 3 is 1.68 bits per heavy atom. The number of nitrogens with zero attached hydrogens (tertiary/aromatic N) is 4. The molecule has 250 valence electrons. The van der Waals surface area contributed by atoms with Crippen molar-refractivity contribution in [3.05, 3.63) is 181 Å². The van der Waals surface area contributed by atoms with Crippen molar-refractivity contribution in [2.24, 2.45) is 0 Å². The third-order valence-electron chi connectivity index (χ3n) is 10.7. The Balaban J connectivity index is 1.21. The molecule has 10 rings (SSSR count). The third-order valence-corrected chi connectivity index (χ3v) is 10.7. The highest BCUT2D eigenvalue weighted by Crippen LogP contribution is 2.50. The minimum absolute atomic E-state index is 0.136. The Labute approximate surface area is 308 Å². The molecule has 53 heavy (non-hydrogen) atoms. The maximum Gasteiger partial charge on any atom is 0.164 e. The average molecular weight is 679 g/mol. The molecule has 0 amide bonds. The van der Waals surface area contributed by atoms with Crippen molar-refractivity contribution in [1.82, 2.24) is 19.9 Å². The van der Waals surface area contributed by atoms with Gasteiger partial charge in [-0.25, -0.2) is 19.9 Å². The van der Waals surface area contributed by atoms with E-state index in [2.05, 4.69) is 123 Å². The molecule has 4 heteroatoms. The van der Waals surface area contributed by atoms with E-state index in [1.807, 2.05) is 60.7 Å². The molecular formula is C49H34N4. The standard InChI is InChI=1S/C49H34N4/c1-49(2)42-26-12-11-24-37(42)40-28-41-39(29-44(50-45(41)30-43(40)49)38-25-14-20-31-15-9-10-23-36(31)38)34-21-13-22-35(27-34)48-52-46(32-16-5-3-6-17-32)51-47(53-48)33-18-7-4-8-19-33/h3-30H,1-2H3. The van der Waals surface area contributed by atoms with E-state index in [9.17, 15) is 0 Å². The minimum atomic E-state index is -0.136. The normalized spacial score (nSPS) is 12.9. The maximum absolute atomic E-state index is 5.43. The summed E-state index contributed by atoms with van der Waals surface area (Å²) in [5.41, 5.74) is 13.1. The van der Waals surface area contributed by atoms with Crippen molar-refractivity contribution in [3.63, 3.8) is 0 Å². The van der Waals surface area contributed by atoms with Crippen LogP contribution in [0.5, 0.6) is 0 Å². The summed E-state index contributed by atoms with van der Waals surface area (Å²) >= 11 is 0. The van der Waals surface area contributed by atoms with E-state index in [0.717, 1.165) is 50.0 Å². The second-order valence-corrected chi connectivity index (χ2v) is 14.3. The molecule has 0 radical (unpaired) electrons. The molecule has 4 nitrogen and oxygen atoms in total. The summed E-state index contributed by atoms with van der Waals surface area (Å²) in [5, 5.41) is 3.49. The van der Waals surface area contributed by atoms with Gasteiger partial charge in [0.25, 0.3) is 0 Å². The summed E-state index contributed by atoms with van der Waals surface area (Å²) in [6.07, 6.45) is 0. The number of fused-ring (bicyclic) bond motifs is 5. The zero-order chi connectivity index (χ0) is 35.5. The van der Waals surface area contributed by atoms with Gasteiger partial charge < -0.3 is 0 Å². The monoisotopic (exact) mass is 678 g/mol. The van der Waals surface area contributed by atoms with Crippen LogP contribution < -0.4 is 0 Å². The predicted octanol–water partition coefficient (Wildman–Crippen LogP) is 12.2. The van der Waals surface area contributed by atoms with Crippen molar-refractivity contribution < 1.29 is 0 Å². The van der Waals surface area contributed by atoms with E-state index in [1.165, 1.54) is 33.0 Å². The lowest BCUT2D eigenvalue weighted by Crippen LogP contribution is -2.14. The second-order valence-electron chi connectivity index (χ2n) is 14.3. The lowest BCUT2D eigenvalue weighted by molar-refractivity contribution is 0.661. The largest absolute Gasteiger partial charge is 0.248 e. The van der Waals surface area contributed by atoms with Crippen molar-refractivity contribution >= 4 is 21.7 Å². The number of aromatic nitrogens is 4. The maximum atomic E-state index is 5.43. The molecule has 0 bridgehead atoms. The van der Waals surface area contributed by atoms with Crippen LogP contribution >= 0.6 is 0 Å². The number of rotatable bonds is 5. The number of hydrogen-bond donors (Lipinski definition) is 0. The van der Waals surface area contributed by atoms with E-state index >= 15 is 0 Å². The Morgan fingerprint density at radius 2 is 0.925 bits per heavy atom. The van der Waals surface area contributed by atoms with Gasteiger partial charge in [0.05, 0.1) is 11.2 Å². The molecule has 0 fully saturated rings. The van der Waals surface area contributed by atoms with Crippen molar-refractivity contribution in [3.8, 4) is 67.7 Å². The summed E-state index contributed by atoms with van der Waals surface area (Å²) in [6.45, 7) is 4.65. The topological polar surface area (TPSA) is 51.6 Å². The molecule has 1 aliphatic rings. The van der Waals surface area contributed by atoms with E-state index in [0.29, 0.717) is 17.5 Å². The fourth-order valence-electron chi connectivity index (χ4n) is 8.01. The molecule has 0 spiro atoms. The highest BCUT2D eigenvalue weighted by Gasteiger charge is 2.36. The molecule has 0 aliphatic heterocycles. The Bertz CT molecular complexity index is 2800. The van der Waals surface area contributed by atoms with Crippen LogP contribution in [0, 0.1) is 0 Å². The van der Waals surface area contributed by atoms with Crippen LogP contribution in [0.1, 0.15) is 25.0 Å². The molecular weight excluding hydrogens is 645 g/mol. The van der Waals surface area contributed by atoms with Gasteiger partial charge in [0, 0.05) is 33.1 Å². The van der Waals surface area contributed by atoms with E-state index in [4.69, 9.17) is 19.9 Å². The molecule has 7 aromatic carbocycles. The summed E-state index contributed by atoms with van der Waals surface area (Å²) in [7, 11) is 0. The first-order valence-electron chi connectivity index (χ1n) is 18.1. The lowest BCUT2D eigenvalue weighted by atomic mass is 9.82. The van der Waals surface area contributed by atoms with Gasteiger partial charge in [-0.2, -0.15) is 0 Å². The SMILES string of the molecule is CC1(C)c2ccccc2-c2cc3c(-c4cccc(-c5nc(-c6ccccc6)nc(-c6ccccc6)n5)c4)cc(-c4cccc5ccccc45)nc3cc21. The van der Waals surface area contributed by atoms with Crippen molar-refractivity contribution in [2.45, 2.75) is 19.3 Å². The summed E-state index contributed by atoms with van der Waals surface area (Å²) in [4.78, 5) is 20.4. The van der Waals surface area contributed by atoms with Crippen LogP contribution in [0.3, 0.4) is 0 Å². The first kappa shape index (κ1) is 31.0. The van der Waals surface area contributed by atoms with Gasteiger partial charge in [-0.3, -0.25) is 0 Å². The summed E-state index contributed by atoms with van der Waals surface area (Å²) < 4.78 is 0. The smallest absolute Gasteiger partial charge is 0.164 e. The first-order valence-corrected chi connectivity index (χ1v) is 18.1. The second kappa shape index (κ2) is 12.2. The van der Waals surface area contributed by atoms with Crippen LogP contribution in [-0.4, -0.2) is 19.9 Å². The van der Waals surface area contributed by atoms with E-state index in [1.54, 1.807) is 0 Å². The van der Waals surface area contributed by atoms with Gasteiger partial charge in [0.2, 0.25) is 0 Å². The zero-order valence-electron chi connectivity index (χ0n) is 29.5. The van der Waals surface area contributed by atoms with Crippen LogP contribution in [0.4, 0.5) is 0 Å². The number of hydrogen-bond acceptors (Lipinski definition) is 4. The van der Waals surface area contributed by atoms with Crippen LogP contribution in [-0.2, 0) is 5.41 Å².